The van der Waals surface area contributed by atoms with E-state index in [0.29, 0.717) is 11.4 Å². The Labute approximate surface area is 167 Å². The van der Waals surface area contributed by atoms with Crippen LogP contribution in [-0.4, -0.2) is 10.9 Å². The average molecular weight is 391 g/mol. The minimum absolute atomic E-state index is 0.0232. The lowest BCUT2D eigenvalue weighted by atomic mass is 10.0. The molecule has 0 N–H and O–H groups in total. The molecule has 5 heteroatoms. The van der Waals surface area contributed by atoms with Gasteiger partial charge in [-0.25, -0.2) is 9.37 Å². The second-order valence-electron chi connectivity index (χ2n) is 6.31. The quantitative estimate of drug-likeness (QED) is 0.436. The number of nitrogens with zero attached hydrogens (tertiary/aromatic N) is 2. The molecular weight excluding hydrogens is 375 g/mol. The maximum atomic E-state index is 14.4. The number of fused-ring (bicyclic) bond motifs is 1. The summed E-state index contributed by atoms with van der Waals surface area (Å²) in [7, 11) is 0. The first-order chi connectivity index (χ1) is 13.6. The van der Waals surface area contributed by atoms with Gasteiger partial charge >= 0.3 is 0 Å². The number of carbonyl (C=O) groups is 1. The molecule has 0 unspecified atom stereocenters. The van der Waals surface area contributed by atoms with E-state index < -0.39 is 5.82 Å². The third-order valence-electron chi connectivity index (χ3n) is 4.57. The van der Waals surface area contributed by atoms with E-state index in [2.05, 4.69) is 4.98 Å². The topological polar surface area (TPSA) is 33.2 Å². The zero-order valence-corrected chi connectivity index (χ0v) is 15.6. The summed E-state index contributed by atoms with van der Waals surface area (Å²) in [6, 6.07) is 23.0. The highest BCUT2D eigenvalue weighted by molar-refractivity contribution is 6.31. The van der Waals surface area contributed by atoms with E-state index in [0.717, 1.165) is 10.8 Å². The highest BCUT2D eigenvalue weighted by atomic mass is 35.5. The minimum atomic E-state index is -0.459. The van der Waals surface area contributed by atoms with Crippen LogP contribution in [0.5, 0.6) is 0 Å². The SMILES string of the molecule is O=C(c1cccc2ccccc12)N(Cc1c(F)cccc1Cl)c1ccccn1. The van der Waals surface area contributed by atoms with Gasteiger partial charge in [-0.3, -0.25) is 9.69 Å². The van der Waals surface area contributed by atoms with Crippen molar-refractivity contribution < 1.29 is 9.18 Å². The van der Waals surface area contributed by atoms with Crippen LogP contribution in [0.3, 0.4) is 0 Å². The van der Waals surface area contributed by atoms with Crippen molar-refractivity contribution >= 4 is 34.1 Å². The lowest BCUT2D eigenvalue weighted by Crippen LogP contribution is -2.31. The van der Waals surface area contributed by atoms with Crippen LogP contribution < -0.4 is 4.90 Å². The molecular formula is C23H16ClFN2O. The summed E-state index contributed by atoms with van der Waals surface area (Å²) in [5.41, 5.74) is 0.777. The van der Waals surface area contributed by atoms with E-state index in [9.17, 15) is 9.18 Å². The second kappa shape index (κ2) is 7.79. The van der Waals surface area contributed by atoms with Gasteiger partial charge in [0.2, 0.25) is 0 Å². The lowest BCUT2D eigenvalue weighted by molar-refractivity contribution is 0.0985. The molecule has 0 aliphatic rings. The van der Waals surface area contributed by atoms with Gasteiger partial charge < -0.3 is 0 Å². The summed E-state index contributed by atoms with van der Waals surface area (Å²) in [5.74, 6) is -0.297. The monoisotopic (exact) mass is 390 g/mol. The van der Waals surface area contributed by atoms with E-state index in [1.807, 2.05) is 36.4 Å². The average Bonchev–Trinajstić information content (AvgIpc) is 2.73. The molecule has 0 aliphatic carbocycles. The van der Waals surface area contributed by atoms with E-state index >= 15 is 0 Å². The molecule has 0 atom stereocenters. The van der Waals surface area contributed by atoms with Crippen molar-refractivity contribution in [3.8, 4) is 0 Å². The Kier molecular flexibility index (Phi) is 5.04. The number of amides is 1. The number of carbonyl (C=O) groups excluding carboxylic acids is 1. The summed E-state index contributed by atoms with van der Waals surface area (Å²) < 4.78 is 14.4. The number of hydrogen-bond acceptors (Lipinski definition) is 2. The summed E-state index contributed by atoms with van der Waals surface area (Å²) in [5, 5.41) is 2.06. The maximum absolute atomic E-state index is 14.4. The lowest BCUT2D eigenvalue weighted by Gasteiger charge is -2.23. The Morgan fingerprint density at radius 2 is 1.68 bits per heavy atom. The first kappa shape index (κ1) is 18.1. The first-order valence-corrected chi connectivity index (χ1v) is 9.16. The van der Waals surface area contributed by atoms with Crippen molar-refractivity contribution in [3.05, 3.63) is 107 Å². The van der Waals surface area contributed by atoms with E-state index in [-0.39, 0.29) is 23.0 Å². The molecule has 3 nitrogen and oxygen atoms in total. The first-order valence-electron chi connectivity index (χ1n) is 8.78. The van der Waals surface area contributed by atoms with Crippen LogP contribution in [0.4, 0.5) is 10.2 Å². The fourth-order valence-corrected chi connectivity index (χ4v) is 3.39. The number of hydrogen-bond donors (Lipinski definition) is 0. The highest BCUT2D eigenvalue weighted by Crippen LogP contribution is 2.27. The summed E-state index contributed by atoms with van der Waals surface area (Å²) >= 11 is 6.21. The zero-order valence-electron chi connectivity index (χ0n) is 14.8. The van der Waals surface area contributed by atoms with Crippen LogP contribution in [0.25, 0.3) is 10.8 Å². The van der Waals surface area contributed by atoms with Gasteiger partial charge in [-0.15, -0.1) is 0 Å². The van der Waals surface area contributed by atoms with Gasteiger partial charge in [-0.1, -0.05) is 60.1 Å². The van der Waals surface area contributed by atoms with Crippen molar-refractivity contribution in [1.29, 1.82) is 0 Å². The number of anilines is 1. The summed E-state index contributed by atoms with van der Waals surface area (Å²) in [6.45, 7) is -0.0232. The molecule has 0 radical (unpaired) electrons. The van der Waals surface area contributed by atoms with Gasteiger partial charge in [0, 0.05) is 22.3 Å². The van der Waals surface area contributed by atoms with Crippen LogP contribution in [-0.2, 0) is 6.54 Å². The Balaban J connectivity index is 1.83. The van der Waals surface area contributed by atoms with Crippen LogP contribution >= 0.6 is 11.6 Å². The fraction of sp³-hybridized carbons (Fsp3) is 0.0435. The predicted octanol–water partition coefficient (Wildman–Crippen LogP) is 5.87. The standard InChI is InChI=1S/C23H16ClFN2O/c24-20-11-6-12-21(25)19(20)15-27(22-13-3-4-14-26-22)23(28)18-10-5-8-16-7-1-2-9-17(16)18/h1-14H,15H2. The van der Waals surface area contributed by atoms with Crippen LogP contribution in [0.1, 0.15) is 15.9 Å². The Morgan fingerprint density at radius 3 is 2.46 bits per heavy atom. The van der Waals surface area contributed by atoms with Crippen molar-refractivity contribution in [2.24, 2.45) is 0 Å². The van der Waals surface area contributed by atoms with Crippen LogP contribution in [0.15, 0.2) is 85.1 Å². The molecule has 1 heterocycles. The second-order valence-corrected chi connectivity index (χ2v) is 6.71. The molecule has 4 aromatic rings. The van der Waals surface area contributed by atoms with E-state index in [1.165, 1.54) is 11.0 Å². The van der Waals surface area contributed by atoms with Gasteiger partial charge in [0.15, 0.2) is 0 Å². The van der Waals surface area contributed by atoms with Gasteiger partial charge in [0.1, 0.15) is 11.6 Å². The van der Waals surface area contributed by atoms with Crippen molar-refractivity contribution in [3.63, 3.8) is 0 Å². The summed E-state index contributed by atoms with van der Waals surface area (Å²) in [4.78, 5) is 19.3. The highest BCUT2D eigenvalue weighted by Gasteiger charge is 2.23. The molecule has 28 heavy (non-hydrogen) atoms. The maximum Gasteiger partial charge on any atom is 0.260 e. The number of pyridine rings is 1. The largest absolute Gasteiger partial charge is 0.288 e. The van der Waals surface area contributed by atoms with Crippen LogP contribution in [0.2, 0.25) is 5.02 Å². The van der Waals surface area contributed by atoms with Gasteiger partial charge in [-0.2, -0.15) is 0 Å². The molecule has 0 aliphatic heterocycles. The molecule has 0 saturated heterocycles. The van der Waals surface area contributed by atoms with Gasteiger partial charge in [-0.05, 0) is 41.1 Å². The number of halogens is 2. The number of benzene rings is 3. The molecule has 4 rings (SSSR count). The molecule has 1 aromatic heterocycles. The zero-order chi connectivity index (χ0) is 19.5. The molecule has 138 valence electrons. The normalized spacial score (nSPS) is 10.8. The third-order valence-corrected chi connectivity index (χ3v) is 4.92. The smallest absolute Gasteiger partial charge is 0.260 e. The predicted molar refractivity (Wildman–Crippen MR) is 110 cm³/mol. The van der Waals surface area contributed by atoms with Gasteiger partial charge in [0.25, 0.3) is 5.91 Å². The molecule has 1 amide bonds. The van der Waals surface area contributed by atoms with Crippen LogP contribution in [0, 0.1) is 5.82 Å². The molecule has 0 fully saturated rings. The van der Waals surface area contributed by atoms with E-state index in [4.69, 9.17) is 11.6 Å². The minimum Gasteiger partial charge on any atom is -0.288 e. The molecule has 0 spiro atoms. The van der Waals surface area contributed by atoms with Crippen molar-refractivity contribution in [1.82, 2.24) is 4.98 Å². The number of aromatic nitrogens is 1. The van der Waals surface area contributed by atoms with E-state index in [1.54, 1.807) is 42.6 Å². The number of rotatable bonds is 4. The van der Waals surface area contributed by atoms with Crippen molar-refractivity contribution in [2.75, 3.05) is 4.90 Å². The van der Waals surface area contributed by atoms with Crippen molar-refractivity contribution in [2.45, 2.75) is 6.54 Å². The Morgan fingerprint density at radius 1 is 0.929 bits per heavy atom. The van der Waals surface area contributed by atoms with Gasteiger partial charge in [0.05, 0.1) is 6.54 Å². The molecule has 0 saturated carbocycles. The Bertz CT molecular complexity index is 1120. The molecule has 3 aromatic carbocycles. The summed E-state index contributed by atoms with van der Waals surface area (Å²) in [6.07, 6.45) is 1.60. The molecule has 0 bridgehead atoms. The fourth-order valence-electron chi connectivity index (χ4n) is 3.17. The Hall–Kier alpha value is -3.24. The third kappa shape index (κ3) is 3.47.